The minimum Gasteiger partial charge on any atom is -0.478 e. The Morgan fingerprint density at radius 1 is 1.23 bits per heavy atom. The summed E-state index contributed by atoms with van der Waals surface area (Å²) in [6.07, 6.45) is 0.472. The summed E-state index contributed by atoms with van der Waals surface area (Å²) >= 11 is 5.82. The minimum atomic E-state index is -0.832. The first kappa shape index (κ1) is 17.3. The van der Waals surface area contributed by atoms with Gasteiger partial charge in [0.25, 0.3) is 0 Å². The number of hydrogen-bond acceptors (Lipinski definition) is 3. The van der Waals surface area contributed by atoms with E-state index in [0.717, 1.165) is 25.3 Å². The fourth-order valence-corrected chi connectivity index (χ4v) is 3.66. The van der Waals surface area contributed by atoms with Crippen LogP contribution in [0.4, 0.5) is 14.5 Å². The lowest BCUT2D eigenvalue weighted by molar-refractivity contribution is 0.242. The highest BCUT2D eigenvalue weighted by atomic mass is 35.5. The molecule has 2 aliphatic rings. The Balaban J connectivity index is 1.73. The van der Waals surface area contributed by atoms with Gasteiger partial charge in [-0.3, -0.25) is 0 Å². The molecule has 1 saturated heterocycles. The lowest BCUT2D eigenvalue weighted by atomic mass is 10.0. The van der Waals surface area contributed by atoms with Gasteiger partial charge in [0.2, 0.25) is 0 Å². The first-order chi connectivity index (χ1) is 12.5. The van der Waals surface area contributed by atoms with E-state index in [2.05, 4.69) is 17.1 Å². The first-order valence-electron chi connectivity index (χ1n) is 8.63. The average molecular weight is 377 g/mol. The molecule has 4 rings (SSSR count). The van der Waals surface area contributed by atoms with E-state index in [4.69, 9.17) is 16.3 Å². The lowest BCUT2D eigenvalue weighted by Crippen LogP contribution is -2.49. The predicted octanol–water partition coefficient (Wildman–Crippen LogP) is 4.72. The van der Waals surface area contributed by atoms with Crippen LogP contribution in [0.2, 0.25) is 5.02 Å². The topological polar surface area (TPSA) is 24.5 Å². The number of fused-ring (bicyclic) bond motifs is 1. The van der Waals surface area contributed by atoms with Crippen molar-refractivity contribution < 1.29 is 13.5 Å². The van der Waals surface area contributed by atoms with Gasteiger partial charge in [0, 0.05) is 36.3 Å². The van der Waals surface area contributed by atoms with Gasteiger partial charge in [-0.15, -0.1) is 0 Å². The number of piperazine rings is 1. The normalized spacial score (nSPS) is 22.5. The standard InChI is InChI=1S/C20H19ClF2N2O/c1-12-11-25(8-7-24-12)18-4-2-3-15-17(23)10-19(26-20(15)18)14-6-5-13(21)9-16(14)22/h2-6,9-10,12,19,24H,7-8,11H2,1H3/t12-,19?/m0/s1. The number of para-hydroxylation sites is 1. The molecule has 2 atom stereocenters. The lowest BCUT2D eigenvalue weighted by Gasteiger charge is -2.36. The van der Waals surface area contributed by atoms with Crippen LogP contribution in [-0.2, 0) is 0 Å². The molecule has 0 radical (unpaired) electrons. The SMILES string of the molecule is C[C@H]1CN(c2cccc3c2OC(c2ccc(Cl)cc2F)C=C3F)CCN1. The molecule has 2 heterocycles. The van der Waals surface area contributed by atoms with Crippen molar-refractivity contribution in [3.05, 3.63) is 64.4 Å². The third kappa shape index (κ3) is 3.17. The van der Waals surface area contributed by atoms with Crippen LogP contribution in [-0.4, -0.2) is 25.7 Å². The van der Waals surface area contributed by atoms with Crippen molar-refractivity contribution in [1.29, 1.82) is 0 Å². The van der Waals surface area contributed by atoms with E-state index in [1.807, 2.05) is 12.1 Å². The zero-order chi connectivity index (χ0) is 18.3. The largest absolute Gasteiger partial charge is 0.478 e. The van der Waals surface area contributed by atoms with Crippen LogP contribution < -0.4 is 15.0 Å². The molecule has 0 amide bonds. The van der Waals surface area contributed by atoms with Crippen molar-refractivity contribution >= 4 is 23.1 Å². The van der Waals surface area contributed by atoms with E-state index in [-0.39, 0.29) is 5.56 Å². The zero-order valence-corrected chi connectivity index (χ0v) is 15.1. The predicted molar refractivity (Wildman–Crippen MR) is 100.0 cm³/mol. The van der Waals surface area contributed by atoms with E-state index in [0.29, 0.717) is 22.4 Å². The Hall–Kier alpha value is -2.11. The fourth-order valence-electron chi connectivity index (χ4n) is 3.51. The molecule has 136 valence electrons. The second-order valence-electron chi connectivity index (χ2n) is 6.67. The zero-order valence-electron chi connectivity index (χ0n) is 14.3. The molecule has 0 spiro atoms. The van der Waals surface area contributed by atoms with Gasteiger partial charge in [0.1, 0.15) is 17.7 Å². The van der Waals surface area contributed by atoms with Gasteiger partial charge in [-0.1, -0.05) is 23.7 Å². The molecule has 2 aromatic rings. The summed E-state index contributed by atoms with van der Waals surface area (Å²) in [6.45, 7) is 4.55. The van der Waals surface area contributed by atoms with Crippen molar-refractivity contribution in [3.63, 3.8) is 0 Å². The molecule has 1 unspecified atom stereocenters. The second kappa shape index (κ2) is 6.89. The van der Waals surface area contributed by atoms with Crippen molar-refractivity contribution in [2.45, 2.75) is 19.1 Å². The third-order valence-corrected chi connectivity index (χ3v) is 5.01. The minimum absolute atomic E-state index is 0.263. The maximum Gasteiger partial charge on any atom is 0.154 e. The Kier molecular flexibility index (Phi) is 4.59. The molecule has 26 heavy (non-hydrogen) atoms. The Labute approximate surface area is 156 Å². The fraction of sp³-hybridized carbons (Fsp3) is 0.300. The number of anilines is 1. The quantitative estimate of drug-likeness (QED) is 0.820. The number of ether oxygens (including phenoxy) is 1. The van der Waals surface area contributed by atoms with Gasteiger partial charge < -0.3 is 15.0 Å². The molecule has 2 aromatic carbocycles. The molecule has 0 aromatic heterocycles. The molecular weight excluding hydrogens is 358 g/mol. The van der Waals surface area contributed by atoms with Gasteiger partial charge in [0.05, 0.1) is 11.3 Å². The van der Waals surface area contributed by atoms with Crippen LogP contribution >= 0.6 is 11.6 Å². The first-order valence-corrected chi connectivity index (χ1v) is 9.01. The number of halogens is 3. The van der Waals surface area contributed by atoms with Crippen LogP contribution in [0.5, 0.6) is 5.75 Å². The molecule has 1 N–H and O–H groups in total. The molecule has 1 fully saturated rings. The van der Waals surface area contributed by atoms with Gasteiger partial charge in [-0.05, 0) is 37.3 Å². The third-order valence-electron chi connectivity index (χ3n) is 4.77. The number of rotatable bonds is 2. The number of nitrogens with one attached hydrogen (secondary N) is 1. The van der Waals surface area contributed by atoms with E-state index in [1.165, 1.54) is 18.2 Å². The van der Waals surface area contributed by atoms with E-state index < -0.39 is 17.7 Å². The van der Waals surface area contributed by atoms with Crippen LogP contribution in [0.1, 0.15) is 24.2 Å². The van der Waals surface area contributed by atoms with Crippen molar-refractivity contribution in [2.75, 3.05) is 24.5 Å². The monoisotopic (exact) mass is 376 g/mol. The summed E-state index contributed by atoms with van der Waals surface area (Å²) in [6, 6.07) is 10.1. The Morgan fingerprint density at radius 2 is 2.08 bits per heavy atom. The van der Waals surface area contributed by atoms with Crippen LogP contribution in [0.25, 0.3) is 5.83 Å². The summed E-state index contributed by atoms with van der Waals surface area (Å²) in [4.78, 5) is 2.17. The molecule has 0 bridgehead atoms. The van der Waals surface area contributed by atoms with E-state index in [1.54, 1.807) is 12.1 Å². The van der Waals surface area contributed by atoms with E-state index in [9.17, 15) is 8.78 Å². The summed E-state index contributed by atoms with van der Waals surface area (Å²) in [5.41, 5.74) is 1.50. The second-order valence-corrected chi connectivity index (χ2v) is 7.11. The molecule has 0 aliphatic carbocycles. The maximum atomic E-state index is 14.7. The molecular formula is C20H19ClF2N2O. The van der Waals surface area contributed by atoms with Crippen LogP contribution in [0, 0.1) is 5.82 Å². The number of hydrogen-bond donors (Lipinski definition) is 1. The van der Waals surface area contributed by atoms with Gasteiger partial charge >= 0.3 is 0 Å². The van der Waals surface area contributed by atoms with Crippen molar-refractivity contribution in [3.8, 4) is 5.75 Å². The summed E-state index contributed by atoms with van der Waals surface area (Å²) in [7, 11) is 0. The maximum absolute atomic E-state index is 14.7. The van der Waals surface area contributed by atoms with Gasteiger partial charge in [0.15, 0.2) is 5.75 Å². The smallest absolute Gasteiger partial charge is 0.154 e. The summed E-state index contributed by atoms with van der Waals surface area (Å²) < 4.78 is 35.1. The van der Waals surface area contributed by atoms with Gasteiger partial charge in [-0.2, -0.15) is 0 Å². The van der Waals surface area contributed by atoms with Crippen LogP contribution in [0.15, 0.2) is 42.5 Å². The number of benzene rings is 2. The van der Waals surface area contributed by atoms with E-state index >= 15 is 0 Å². The van der Waals surface area contributed by atoms with Crippen LogP contribution in [0.3, 0.4) is 0 Å². The molecule has 0 saturated carbocycles. The number of nitrogens with zero attached hydrogens (tertiary/aromatic N) is 1. The highest BCUT2D eigenvalue weighted by Crippen LogP contribution is 2.44. The van der Waals surface area contributed by atoms with Gasteiger partial charge in [-0.25, -0.2) is 8.78 Å². The van der Waals surface area contributed by atoms with Crippen molar-refractivity contribution in [1.82, 2.24) is 5.32 Å². The highest BCUT2D eigenvalue weighted by Gasteiger charge is 2.29. The summed E-state index contributed by atoms with van der Waals surface area (Å²) in [5, 5.41) is 3.68. The highest BCUT2D eigenvalue weighted by molar-refractivity contribution is 6.30. The molecule has 2 aliphatic heterocycles. The average Bonchev–Trinajstić information content (AvgIpc) is 2.61. The summed E-state index contributed by atoms with van der Waals surface area (Å²) in [5.74, 6) is -0.458. The molecule has 6 heteroatoms. The Morgan fingerprint density at radius 3 is 2.85 bits per heavy atom. The van der Waals surface area contributed by atoms with Crippen molar-refractivity contribution in [2.24, 2.45) is 0 Å². The molecule has 3 nitrogen and oxygen atoms in total. The Bertz CT molecular complexity index is 871.